The minimum Gasteiger partial charge on any atom is -0.423 e. The van der Waals surface area contributed by atoms with Crippen LogP contribution >= 0.6 is 0 Å². The molecule has 0 radical (unpaired) electrons. The second kappa shape index (κ2) is 8.34. The average molecular weight is 362 g/mol. The summed E-state index contributed by atoms with van der Waals surface area (Å²) in [7, 11) is 0. The van der Waals surface area contributed by atoms with Gasteiger partial charge in [-0.15, -0.1) is 0 Å². The number of allylic oxidation sites excluding steroid dienone is 1. The van der Waals surface area contributed by atoms with Crippen LogP contribution in [-0.4, -0.2) is 11.8 Å². The molecule has 3 rings (SSSR count). The molecule has 2 unspecified atom stereocenters. The minimum absolute atomic E-state index is 0.124. The normalized spacial score (nSPS) is 21.5. The van der Waals surface area contributed by atoms with Gasteiger partial charge in [0.1, 0.15) is 5.75 Å². The zero-order valence-corrected chi connectivity index (χ0v) is 16.1. The lowest BCUT2D eigenvalue weighted by molar-refractivity contribution is -0.122. The number of ketones is 1. The number of ether oxygens (including phenoxy) is 1. The van der Waals surface area contributed by atoms with Gasteiger partial charge in [0.2, 0.25) is 0 Å². The van der Waals surface area contributed by atoms with Crippen LogP contribution < -0.4 is 4.74 Å². The fourth-order valence-electron chi connectivity index (χ4n) is 3.57. The Morgan fingerprint density at radius 1 is 1.04 bits per heavy atom. The molecule has 1 saturated carbocycles. The first-order valence-electron chi connectivity index (χ1n) is 9.59. The maximum atomic E-state index is 12.8. The highest BCUT2D eigenvalue weighted by atomic mass is 16.5. The van der Waals surface area contributed by atoms with E-state index in [1.807, 2.05) is 24.3 Å². The van der Waals surface area contributed by atoms with E-state index in [4.69, 9.17) is 4.74 Å². The van der Waals surface area contributed by atoms with Crippen molar-refractivity contribution in [2.75, 3.05) is 0 Å². The number of benzene rings is 2. The Hall–Kier alpha value is -2.68. The maximum absolute atomic E-state index is 12.8. The van der Waals surface area contributed by atoms with Crippen LogP contribution in [0.2, 0.25) is 0 Å². The monoisotopic (exact) mass is 362 g/mol. The second-order valence-corrected chi connectivity index (χ2v) is 7.62. The lowest BCUT2D eigenvalue weighted by Crippen LogP contribution is -2.30. The maximum Gasteiger partial charge on any atom is 0.343 e. The van der Waals surface area contributed by atoms with Crippen LogP contribution in [-0.2, 0) is 4.79 Å². The Morgan fingerprint density at radius 2 is 1.70 bits per heavy atom. The Kier molecular flexibility index (Phi) is 5.90. The van der Waals surface area contributed by atoms with Crippen LogP contribution in [0.3, 0.4) is 0 Å². The van der Waals surface area contributed by atoms with Crippen molar-refractivity contribution < 1.29 is 14.3 Å². The first kappa shape index (κ1) is 19.1. The molecule has 140 valence electrons. The number of esters is 1. The standard InChI is InChI=1S/C24H26O3/c1-16(2)21-14-9-17(3)22(23(21)25)15-18-10-12-20(13-11-18)27-24(26)19-7-5-4-6-8-19/h4-8,10-13,15-17,21H,9,14H2,1-3H3/b22-15+. The minimum atomic E-state index is -0.377. The van der Waals surface area contributed by atoms with Gasteiger partial charge in [-0.25, -0.2) is 4.79 Å². The van der Waals surface area contributed by atoms with E-state index in [0.717, 1.165) is 24.0 Å². The Labute approximate surface area is 161 Å². The number of hydrogen-bond acceptors (Lipinski definition) is 3. The molecule has 0 aromatic heterocycles. The molecule has 0 spiro atoms. The molecule has 0 amide bonds. The van der Waals surface area contributed by atoms with Crippen molar-refractivity contribution in [3.8, 4) is 5.75 Å². The predicted molar refractivity (Wildman–Crippen MR) is 108 cm³/mol. The highest BCUT2D eigenvalue weighted by Crippen LogP contribution is 2.35. The summed E-state index contributed by atoms with van der Waals surface area (Å²) in [5.74, 6) is 1.17. The number of Topliss-reactive ketones (excluding diaryl/α,β-unsaturated/α-hetero) is 1. The summed E-state index contributed by atoms with van der Waals surface area (Å²) in [6.45, 7) is 6.36. The van der Waals surface area contributed by atoms with Crippen molar-refractivity contribution in [2.45, 2.75) is 33.6 Å². The van der Waals surface area contributed by atoms with E-state index in [1.54, 1.807) is 36.4 Å². The van der Waals surface area contributed by atoms with Gasteiger partial charge in [0.15, 0.2) is 5.78 Å². The molecular weight excluding hydrogens is 336 g/mol. The lowest BCUT2D eigenvalue weighted by atomic mass is 9.73. The van der Waals surface area contributed by atoms with Gasteiger partial charge in [0.05, 0.1) is 5.56 Å². The Bertz CT molecular complexity index is 832. The highest BCUT2D eigenvalue weighted by molar-refractivity contribution is 6.02. The third kappa shape index (κ3) is 4.54. The molecule has 0 aliphatic heterocycles. The number of carbonyl (C=O) groups is 2. The van der Waals surface area contributed by atoms with E-state index >= 15 is 0 Å². The summed E-state index contributed by atoms with van der Waals surface area (Å²) < 4.78 is 5.41. The molecular formula is C24H26O3. The molecule has 2 atom stereocenters. The van der Waals surface area contributed by atoms with Gasteiger partial charge in [0, 0.05) is 5.92 Å². The summed E-state index contributed by atoms with van der Waals surface area (Å²) in [6.07, 6.45) is 4.01. The van der Waals surface area contributed by atoms with Crippen molar-refractivity contribution in [3.05, 3.63) is 71.3 Å². The summed E-state index contributed by atoms with van der Waals surface area (Å²) in [5, 5.41) is 0. The Morgan fingerprint density at radius 3 is 2.33 bits per heavy atom. The van der Waals surface area contributed by atoms with Crippen LogP contribution in [0.5, 0.6) is 5.75 Å². The topological polar surface area (TPSA) is 43.4 Å². The molecule has 0 saturated heterocycles. The first-order chi connectivity index (χ1) is 13.0. The van der Waals surface area contributed by atoms with Gasteiger partial charge < -0.3 is 4.74 Å². The van der Waals surface area contributed by atoms with Crippen LogP contribution in [0.1, 0.15) is 49.5 Å². The molecule has 0 bridgehead atoms. The van der Waals surface area contributed by atoms with E-state index in [-0.39, 0.29) is 23.6 Å². The van der Waals surface area contributed by atoms with Crippen molar-refractivity contribution in [1.82, 2.24) is 0 Å². The molecule has 1 fully saturated rings. The van der Waals surface area contributed by atoms with E-state index in [0.29, 0.717) is 17.2 Å². The fraction of sp³-hybridized carbons (Fsp3) is 0.333. The molecule has 2 aromatic rings. The van der Waals surface area contributed by atoms with Crippen LogP contribution in [0.15, 0.2) is 60.2 Å². The summed E-state index contributed by atoms with van der Waals surface area (Å²) in [4.78, 5) is 24.9. The summed E-state index contributed by atoms with van der Waals surface area (Å²) in [5.41, 5.74) is 2.38. The molecule has 0 N–H and O–H groups in total. The smallest absolute Gasteiger partial charge is 0.343 e. The van der Waals surface area contributed by atoms with Crippen molar-refractivity contribution >= 4 is 17.8 Å². The van der Waals surface area contributed by atoms with Gasteiger partial charge in [-0.2, -0.15) is 0 Å². The third-order valence-electron chi connectivity index (χ3n) is 5.29. The summed E-state index contributed by atoms with van der Waals surface area (Å²) in [6, 6.07) is 16.2. The zero-order valence-electron chi connectivity index (χ0n) is 16.1. The zero-order chi connectivity index (χ0) is 19.4. The van der Waals surface area contributed by atoms with Crippen LogP contribution in [0, 0.1) is 17.8 Å². The van der Waals surface area contributed by atoms with Crippen LogP contribution in [0.25, 0.3) is 6.08 Å². The molecule has 2 aromatic carbocycles. The van der Waals surface area contributed by atoms with Gasteiger partial charge in [-0.3, -0.25) is 4.79 Å². The van der Waals surface area contributed by atoms with E-state index in [2.05, 4.69) is 20.8 Å². The second-order valence-electron chi connectivity index (χ2n) is 7.62. The first-order valence-corrected chi connectivity index (χ1v) is 9.59. The largest absolute Gasteiger partial charge is 0.423 e. The quantitative estimate of drug-likeness (QED) is 0.406. The van der Waals surface area contributed by atoms with Crippen molar-refractivity contribution in [1.29, 1.82) is 0 Å². The van der Waals surface area contributed by atoms with Crippen molar-refractivity contribution in [2.24, 2.45) is 17.8 Å². The molecule has 1 aliphatic carbocycles. The Balaban J connectivity index is 1.74. The molecule has 1 aliphatic rings. The van der Waals surface area contributed by atoms with Gasteiger partial charge in [0.25, 0.3) is 0 Å². The highest BCUT2D eigenvalue weighted by Gasteiger charge is 2.32. The summed E-state index contributed by atoms with van der Waals surface area (Å²) >= 11 is 0. The molecule has 0 heterocycles. The van der Waals surface area contributed by atoms with Crippen molar-refractivity contribution in [3.63, 3.8) is 0 Å². The van der Waals surface area contributed by atoms with E-state index < -0.39 is 0 Å². The van der Waals surface area contributed by atoms with Crippen LogP contribution in [0.4, 0.5) is 0 Å². The van der Waals surface area contributed by atoms with Gasteiger partial charge >= 0.3 is 5.97 Å². The predicted octanol–water partition coefficient (Wildman–Crippen LogP) is 5.56. The van der Waals surface area contributed by atoms with Gasteiger partial charge in [-0.1, -0.05) is 51.1 Å². The fourth-order valence-corrected chi connectivity index (χ4v) is 3.57. The number of rotatable bonds is 4. The molecule has 3 nitrogen and oxygen atoms in total. The SMILES string of the molecule is CC1CCC(C(C)C)C(=O)/C1=C/c1ccc(OC(=O)c2ccccc2)cc1. The average Bonchev–Trinajstić information content (AvgIpc) is 2.66. The number of hydrogen-bond donors (Lipinski definition) is 0. The van der Waals surface area contributed by atoms with E-state index in [9.17, 15) is 9.59 Å². The third-order valence-corrected chi connectivity index (χ3v) is 5.29. The molecule has 3 heteroatoms. The molecule has 27 heavy (non-hydrogen) atoms. The number of carbonyl (C=O) groups excluding carboxylic acids is 2. The lowest BCUT2D eigenvalue weighted by Gasteiger charge is -2.30. The van der Waals surface area contributed by atoms with Gasteiger partial charge in [-0.05, 0) is 66.2 Å². The van der Waals surface area contributed by atoms with E-state index in [1.165, 1.54) is 0 Å².